The van der Waals surface area contributed by atoms with Gasteiger partial charge in [0, 0.05) is 16.7 Å². The van der Waals surface area contributed by atoms with Crippen molar-refractivity contribution in [1.82, 2.24) is 19.9 Å². The van der Waals surface area contributed by atoms with Gasteiger partial charge in [0.25, 0.3) is 0 Å². The standard InChI is InChI=1S/C36H26N4S/c1-2-33-37-31-23-29(20-21-32(31)41-33)28-14-9-15-30(22-28)36-39-34(26-12-7-4-8-13-26)38-35(40-36)27-18-16-25(17-19-27)24-10-5-3-6-11-24/h3-23H,2H2,1H3. The third-order valence-corrected chi connectivity index (χ3v) is 8.29. The van der Waals surface area contributed by atoms with Crippen LogP contribution in [-0.2, 0) is 6.42 Å². The van der Waals surface area contributed by atoms with Crippen LogP contribution in [0.5, 0.6) is 0 Å². The Hall–Kier alpha value is -5.00. The molecule has 0 radical (unpaired) electrons. The molecular formula is C36H26N4S. The molecule has 2 aromatic heterocycles. The molecule has 0 aliphatic carbocycles. The van der Waals surface area contributed by atoms with Crippen molar-refractivity contribution in [3.63, 3.8) is 0 Å². The first-order chi connectivity index (χ1) is 20.2. The highest BCUT2D eigenvalue weighted by atomic mass is 32.1. The molecule has 0 unspecified atom stereocenters. The number of thiazole rings is 1. The van der Waals surface area contributed by atoms with Gasteiger partial charge in [-0.05, 0) is 46.9 Å². The molecule has 0 saturated carbocycles. The van der Waals surface area contributed by atoms with E-state index in [0.29, 0.717) is 17.5 Å². The Morgan fingerprint density at radius 2 is 0.927 bits per heavy atom. The Balaban J connectivity index is 1.31. The molecule has 4 nitrogen and oxygen atoms in total. The summed E-state index contributed by atoms with van der Waals surface area (Å²) < 4.78 is 1.22. The summed E-state index contributed by atoms with van der Waals surface area (Å²) in [5, 5.41) is 1.16. The molecule has 41 heavy (non-hydrogen) atoms. The van der Waals surface area contributed by atoms with E-state index in [1.165, 1.54) is 10.3 Å². The van der Waals surface area contributed by atoms with Crippen molar-refractivity contribution in [2.24, 2.45) is 0 Å². The lowest BCUT2D eigenvalue weighted by molar-refractivity contribution is 1.07. The Labute approximate surface area is 243 Å². The first-order valence-electron chi connectivity index (χ1n) is 13.7. The number of nitrogens with zero attached hydrogens (tertiary/aromatic N) is 4. The molecule has 0 saturated heterocycles. The number of hydrogen-bond donors (Lipinski definition) is 0. The highest BCUT2D eigenvalue weighted by molar-refractivity contribution is 7.18. The van der Waals surface area contributed by atoms with E-state index in [2.05, 4.69) is 97.9 Å². The van der Waals surface area contributed by atoms with Gasteiger partial charge in [0.2, 0.25) is 0 Å². The van der Waals surface area contributed by atoms with Crippen LogP contribution in [-0.4, -0.2) is 19.9 Å². The Morgan fingerprint density at radius 1 is 0.439 bits per heavy atom. The molecule has 0 N–H and O–H groups in total. The van der Waals surface area contributed by atoms with Crippen molar-refractivity contribution in [1.29, 1.82) is 0 Å². The molecule has 0 amide bonds. The molecule has 0 spiro atoms. The third-order valence-electron chi connectivity index (χ3n) is 7.11. The quantitative estimate of drug-likeness (QED) is 0.208. The van der Waals surface area contributed by atoms with Crippen LogP contribution in [0.1, 0.15) is 11.9 Å². The SMILES string of the molecule is CCc1nc2cc(-c3cccc(-c4nc(-c5ccccc5)nc(-c5ccc(-c6ccccc6)cc5)n4)c3)ccc2s1. The fourth-order valence-corrected chi connectivity index (χ4v) is 5.82. The molecule has 5 aromatic carbocycles. The van der Waals surface area contributed by atoms with Gasteiger partial charge in [0.05, 0.1) is 15.2 Å². The number of aryl methyl sites for hydroxylation is 1. The summed E-state index contributed by atoms with van der Waals surface area (Å²) in [6.07, 6.45) is 0.949. The van der Waals surface area contributed by atoms with E-state index in [-0.39, 0.29) is 0 Å². The maximum Gasteiger partial charge on any atom is 0.164 e. The van der Waals surface area contributed by atoms with E-state index >= 15 is 0 Å². The van der Waals surface area contributed by atoms with Gasteiger partial charge in [0.1, 0.15) is 0 Å². The summed E-state index contributed by atoms with van der Waals surface area (Å²) in [6.45, 7) is 2.15. The maximum atomic E-state index is 4.97. The van der Waals surface area contributed by atoms with Crippen molar-refractivity contribution >= 4 is 21.6 Å². The molecular weight excluding hydrogens is 520 g/mol. The zero-order chi connectivity index (χ0) is 27.6. The van der Waals surface area contributed by atoms with Gasteiger partial charge in [-0.1, -0.05) is 116 Å². The number of rotatable bonds is 6. The predicted molar refractivity (Wildman–Crippen MR) is 170 cm³/mol. The normalized spacial score (nSPS) is 11.1. The lowest BCUT2D eigenvalue weighted by atomic mass is 10.0. The zero-order valence-electron chi connectivity index (χ0n) is 22.5. The number of fused-ring (bicyclic) bond motifs is 1. The molecule has 7 rings (SSSR count). The minimum absolute atomic E-state index is 0.644. The minimum atomic E-state index is 0.644. The number of aromatic nitrogens is 4. The van der Waals surface area contributed by atoms with Gasteiger partial charge >= 0.3 is 0 Å². The molecule has 0 fully saturated rings. The lowest BCUT2D eigenvalue weighted by Gasteiger charge is -2.10. The largest absolute Gasteiger partial charge is 0.241 e. The second-order valence-electron chi connectivity index (χ2n) is 9.84. The highest BCUT2D eigenvalue weighted by Gasteiger charge is 2.14. The summed E-state index contributed by atoms with van der Waals surface area (Å²) in [7, 11) is 0. The fraction of sp³-hybridized carbons (Fsp3) is 0.0556. The summed E-state index contributed by atoms with van der Waals surface area (Å²) >= 11 is 1.76. The second-order valence-corrected chi connectivity index (χ2v) is 11.0. The summed E-state index contributed by atoms with van der Waals surface area (Å²) in [5.41, 5.74) is 8.45. The third kappa shape index (κ3) is 5.15. The minimum Gasteiger partial charge on any atom is -0.241 e. The van der Waals surface area contributed by atoms with E-state index in [1.54, 1.807) is 11.3 Å². The van der Waals surface area contributed by atoms with Crippen LogP contribution in [0.2, 0.25) is 0 Å². The molecule has 196 valence electrons. The van der Waals surface area contributed by atoms with Crippen molar-refractivity contribution in [2.45, 2.75) is 13.3 Å². The van der Waals surface area contributed by atoms with Crippen LogP contribution in [0, 0.1) is 0 Å². The predicted octanol–water partition coefficient (Wildman–Crippen LogP) is 9.38. The van der Waals surface area contributed by atoms with Crippen molar-refractivity contribution < 1.29 is 0 Å². The Kier molecular flexibility index (Phi) is 6.63. The Bertz CT molecular complexity index is 1960. The number of benzene rings is 5. The fourth-order valence-electron chi connectivity index (χ4n) is 4.94. The summed E-state index contributed by atoms with van der Waals surface area (Å²) in [6, 6.07) is 43.8. The molecule has 5 heteroatoms. The van der Waals surface area contributed by atoms with Crippen molar-refractivity contribution in [3.8, 4) is 56.4 Å². The first-order valence-corrected chi connectivity index (χ1v) is 14.5. The molecule has 0 bridgehead atoms. The zero-order valence-corrected chi connectivity index (χ0v) is 23.3. The second kappa shape index (κ2) is 10.9. The van der Waals surface area contributed by atoms with Crippen LogP contribution in [0.15, 0.2) is 127 Å². The van der Waals surface area contributed by atoms with Gasteiger partial charge in [-0.25, -0.2) is 19.9 Å². The van der Waals surface area contributed by atoms with E-state index < -0.39 is 0 Å². The Morgan fingerprint density at radius 3 is 1.61 bits per heavy atom. The van der Waals surface area contributed by atoms with Crippen molar-refractivity contribution in [3.05, 3.63) is 132 Å². The van der Waals surface area contributed by atoms with Crippen LogP contribution < -0.4 is 0 Å². The topological polar surface area (TPSA) is 51.6 Å². The van der Waals surface area contributed by atoms with Gasteiger partial charge in [-0.3, -0.25) is 0 Å². The molecule has 0 aliphatic heterocycles. The monoisotopic (exact) mass is 546 g/mol. The van der Waals surface area contributed by atoms with Crippen molar-refractivity contribution in [2.75, 3.05) is 0 Å². The van der Waals surface area contributed by atoms with E-state index in [0.717, 1.165) is 50.3 Å². The van der Waals surface area contributed by atoms with Gasteiger partial charge in [-0.15, -0.1) is 11.3 Å². The van der Waals surface area contributed by atoms with Crippen LogP contribution >= 0.6 is 11.3 Å². The van der Waals surface area contributed by atoms with E-state index in [9.17, 15) is 0 Å². The molecule has 2 heterocycles. The van der Waals surface area contributed by atoms with Gasteiger partial charge in [-0.2, -0.15) is 0 Å². The highest BCUT2D eigenvalue weighted by Crippen LogP contribution is 2.31. The lowest BCUT2D eigenvalue weighted by Crippen LogP contribution is -2.00. The van der Waals surface area contributed by atoms with E-state index in [1.807, 2.05) is 36.4 Å². The summed E-state index contributed by atoms with van der Waals surface area (Å²) in [4.78, 5) is 19.6. The molecule has 0 aliphatic rings. The first kappa shape index (κ1) is 25.0. The van der Waals surface area contributed by atoms with E-state index in [4.69, 9.17) is 19.9 Å². The van der Waals surface area contributed by atoms with Gasteiger partial charge in [0.15, 0.2) is 17.5 Å². The molecule has 0 atom stereocenters. The average Bonchev–Trinajstić information content (AvgIpc) is 3.48. The van der Waals surface area contributed by atoms with Gasteiger partial charge < -0.3 is 0 Å². The smallest absolute Gasteiger partial charge is 0.164 e. The van der Waals surface area contributed by atoms with Crippen LogP contribution in [0.4, 0.5) is 0 Å². The summed E-state index contributed by atoms with van der Waals surface area (Å²) in [5.74, 6) is 1.94. The average molecular weight is 547 g/mol. The maximum absolute atomic E-state index is 4.97. The van der Waals surface area contributed by atoms with Crippen LogP contribution in [0.25, 0.3) is 66.6 Å². The number of hydrogen-bond acceptors (Lipinski definition) is 5. The van der Waals surface area contributed by atoms with Crippen LogP contribution in [0.3, 0.4) is 0 Å². The molecule has 7 aromatic rings.